The summed E-state index contributed by atoms with van der Waals surface area (Å²) in [5.74, 6) is 0.767. The van der Waals surface area contributed by atoms with E-state index in [1.54, 1.807) is 0 Å². The van der Waals surface area contributed by atoms with Crippen LogP contribution in [0.25, 0.3) is 0 Å². The molecule has 0 spiro atoms. The van der Waals surface area contributed by atoms with E-state index in [1.807, 2.05) is 0 Å². The lowest BCUT2D eigenvalue weighted by Crippen LogP contribution is -2.20. The Kier molecular flexibility index (Phi) is 5.20. The normalized spacial score (nSPS) is 13.7. The van der Waals surface area contributed by atoms with Gasteiger partial charge in [0.15, 0.2) is 0 Å². The number of rotatable bonds is 5. The van der Waals surface area contributed by atoms with E-state index in [1.165, 1.54) is 17.5 Å². The zero-order valence-electron chi connectivity index (χ0n) is 12.0. The van der Waals surface area contributed by atoms with E-state index in [-0.39, 0.29) is 5.41 Å². The van der Waals surface area contributed by atoms with Crippen LogP contribution >= 0.6 is 0 Å². The minimum absolute atomic E-state index is 0.253. The molecule has 1 atom stereocenters. The highest BCUT2D eigenvalue weighted by molar-refractivity contribution is 5.27. The average Bonchev–Trinajstić information content (AvgIpc) is 2.28. The fraction of sp³-hybridized carbons (Fsp3) is 0.625. The first-order valence-electron chi connectivity index (χ1n) is 6.73. The summed E-state index contributed by atoms with van der Waals surface area (Å²) in [6, 6.07) is 8.98. The first kappa shape index (κ1) is 14.2. The van der Waals surface area contributed by atoms with Gasteiger partial charge in [-0.25, -0.2) is 0 Å². The van der Waals surface area contributed by atoms with Gasteiger partial charge in [0.25, 0.3) is 0 Å². The summed E-state index contributed by atoms with van der Waals surface area (Å²) in [5.41, 5.74) is 3.03. The third-order valence-electron chi connectivity index (χ3n) is 3.34. The first-order valence-corrected chi connectivity index (χ1v) is 6.73. The highest BCUT2D eigenvalue weighted by Crippen LogP contribution is 2.22. The molecule has 0 aromatic heterocycles. The van der Waals surface area contributed by atoms with Crippen molar-refractivity contribution in [1.82, 2.24) is 5.32 Å². The Balaban J connectivity index is 2.46. The molecule has 1 aromatic carbocycles. The van der Waals surface area contributed by atoms with Crippen LogP contribution in [-0.4, -0.2) is 6.54 Å². The minimum Gasteiger partial charge on any atom is -0.312 e. The molecule has 17 heavy (non-hydrogen) atoms. The zero-order valence-corrected chi connectivity index (χ0v) is 12.0. The van der Waals surface area contributed by atoms with Crippen molar-refractivity contribution in [3.05, 3.63) is 35.4 Å². The quantitative estimate of drug-likeness (QED) is 0.806. The molecule has 0 heterocycles. The second kappa shape index (κ2) is 6.20. The summed E-state index contributed by atoms with van der Waals surface area (Å²) in [7, 11) is 0. The second-order valence-corrected chi connectivity index (χ2v) is 6.09. The highest BCUT2D eigenvalue weighted by Gasteiger charge is 2.12. The van der Waals surface area contributed by atoms with E-state index in [2.05, 4.69) is 64.2 Å². The van der Waals surface area contributed by atoms with Crippen LogP contribution in [0.1, 0.15) is 52.2 Å². The van der Waals surface area contributed by atoms with Gasteiger partial charge in [-0.1, -0.05) is 65.3 Å². The van der Waals surface area contributed by atoms with Gasteiger partial charge in [0.1, 0.15) is 0 Å². The third-order valence-corrected chi connectivity index (χ3v) is 3.34. The molecule has 0 radical (unpaired) electrons. The van der Waals surface area contributed by atoms with E-state index in [4.69, 9.17) is 0 Å². The molecule has 96 valence electrons. The van der Waals surface area contributed by atoms with Gasteiger partial charge >= 0.3 is 0 Å². The van der Waals surface area contributed by atoms with Gasteiger partial charge < -0.3 is 5.32 Å². The van der Waals surface area contributed by atoms with Crippen molar-refractivity contribution in [3.8, 4) is 0 Å². The Morgan fingerprint density at radius 1 is 1.12 bits per heavy atom. The van der Waals surface area contributed by atoms with E-state index in [0.29, 0.717) is 0 Å². The summed E-state index contributed by atoms with van der Waals surface area (Å²) >= 11 is 0. The molecule has 1 heteroatoms. The fourth-order valence-electron chi connectivity index (χ4n) is 1.73. The number of nitrogens with one attached hydrogen (secondary N) is 1. The predicted molar refractivity (Wildman–Crippen MR) is 76.3 cm³/mol. The maximum Gasteiger partial charge on any atom is 0.0205 e. The molecule has 0 saturated heterocycles. The Labute approximate surface area is 107 Å². The molecule has 1 unspecified atom stereocenters. The van der Waals surface area contributed by atoms with Gasteiger partial charge in [-0.15, -0.1) is 0 Å². The molecule has 0 bridgehead atoms. The zero-order chi connectivity index (χ0) is 12.9. The maximum atomic E-state index is 3.51. The largest absolute Gasteiger partial charge is 0.312 e. The van der Waals surface area contributed by atoms with E-state index in [0.717, 1.165) is 19.0 Å². The molecule has 0 saturated carbocycles. The highest BCUT2D eigenvalue weighted by atomic mass is 14.8. The average molecular weight is 233 g/mol. The summed E-state index contributed by atoms with van der Waals surface area (Å²) in [4.78, 5) is 0. The van der Waals surface area contributed by atoms with Crippen molar-refractivity contribution < 1.29 is 0 Å². The van der Waals surface area contributed by atoms with Crippen LogP contribution in [0.5, 0.6) is 0 Å². The second-order valence-electron chi connectivity index (χ2n) is 6.09. The molecular weight excluding hydrogens is 206 g/mol. The van der Waals surface area contributed by atoms with Crippen molar-refractivity contribution in [1.29, 1.82) is 0 Å². The maximum absolute atomic E-state index is 3.51. The molecule has 1 N–H and O–H groups in total. The fourth-order valence-corrected chi connectivity index (χ4v) is 1.73. The lowest BCUT2D eigenvalue weighted by molar-refractivity contribution is 0.500. The molecule has 0 amide bonds. The summed E-state index contributed by atoms with van der Waals surface area (Å²) in [5, 5.41) is 3.51. The van der Waals surface area contributed by atoms with E-state index < -0.39 is 0 Å². The van der Waals surface area contributed by atoms with Gasteiger partial charge in [-0.05, 0) is 29.0 Å². The van der Waals surface area contributed by atoms with Crippen molar-refractivity contribution in [2.24, 2.45) is 5.92 Å². The third kappa shape index (κ3) is 4.91. The molecule has 0 aliphatic carbocycles. The van der Waals surface area contributed by atoms with Gasteiger partial charge in [0, 0.05) is 6.54 Å². The van der Waals surface area contributed by atoms with Crippen LogP contribution in [0.4, 0.5) is 0 Å². The van der Waals surface area contributed by atoms with Gasteiger partial charge in [0.05, 0.1) is 0 Å². The molecule has 1 nitrogen and oxygen atoms in total. The van der Waals surface area contributed by atoms with Crippen LogP contribution in [0.2, 0.25) is 0 Å². The molecule has 0 fully saturated rings. The molecule has 0 aliphatic rings. The Bertz CT molecular complexity index is 318. The van der Waals surface area contributed by atoms with Crippen LogP contribution in [0, 0.1) is 5.92 Å². The smallest absolute Gasteiger partial charge is 0.0205 e. The Morgan fingerprint density at radius 3 is 2.18 bits per heavy atom. The van der Waals surface area contributed by atoms with Crippen LogP contribution in [0.3, 0.4) is 0 Å². The monoisotopic (exact) mass is 233 g/mol. The SMILES string of the molecule is CCC(C)CNCc1ccc(C(C)(C)C)cc1. The van der Waals surface area contributed by atoms with E-state index >= 15 is 0 Å². The summed E-state index contributed by atoms with van der Waals surface area (Å²) in [6.07, 6.45) is 1.25. The van der Waals surface area contributed by atoms with Gasteiger partial charge in [-0.2, -0.15) is 0 Å². The molecular formula is C16H27N. The van der Waals surface area contributed by atoms with Crippen LogP contribution < -0.4 is 5.32 Å². The van der Waals surface area contributed by atoms with Crippen molar-refractivity contribution in [2.45, 2.75) is 53.0 Å². The molecule has 1 rings (SSSR count). The Morgan fingerprint density at radius 2 is 1.71 bits per heavy atom. The lowest BCUT2D eigenvalue weighted by atomic mass is 9.87. The standard InChI is InChI=1S/C16H27N/c1-6-13(2)11-17-12-14-7-9-15(10-8-14)16(3,4)5/h7-10,13,17H,6,11-12H2,1-5H3. The predicted octanol–water partition coefficient (Wildman–Crippen LogP) is 4.12. The molecule has 0 aliphatic heterocycles. The van der Waals surface area contributed by atoms with E-state index in [9.17, 15) is 0 Å². The minimum atomic E-state index is 0.253. The first-order chi connectivity index (χ1) is 7.93. The number of hydrogen-bond acceptors (Lipinski definition) is 1. The van der Waals surface area contributed by atoms with Crippen molar-refractivity contribution >= 4 is 0 Å². The van der Waals surface area contributed by atoms with Gasteiger partial charge in [-0.3, -0.25) is 0 Å². The summed E-state index contributed by atoms with van der Waals surface area (Å²) in [6.45, 7) is 13.4. The summed E-state index contributed by atoms with van der Waals surface area (Å²) < 4.78 is 0. The van der Waals surface area contributed by atoms with Crippen LogP contribution in [0.15, 0.2) is 24.3 Å². The topological polar surface area (TPSA) is 12.0 Å². The van der Waals surface area contributed by atoms with Crippen molar-refractivity contribution in [2.75, 3.05) is 6.54 Å². The molecule has 1 aromatic rings. The number of hydrogen-bond donors (Lipinski definition) is 1. The van der Waals surface area contributed by atoms with Crippen molar-refractivity contribution in [3.63, 3.8) is 0 Å². The Hall–Kier alpha value is -0.820. The van der Waals surface area contributed by atoms with Gasteiger partial charge in [0.2, 0.25) is 0 Å². The number of benzene rings is 1. The van der Waals surface area contributed by atoms with Crippen LogP contribution in [-0.2, 0) is 12.0 Å². The lowest BCUT2D eigenvalue weighted by Gasteiger charge is -2.19.